The van der Waals surface area contributed by atoms with Crippen molar-refractivity contribution in [2.45, 2.75) is 40.5 Å². The van der Waals surface area contributed by atoms with Gasteiger partial charge in [0.2, 0.25) is 0 Å². The first-order valence-electron chi connectivity index (χ1n) is 6.92. The second kappa shape index (κ2) is 7.29. The molecule has 0 spiro atoms. The third-order valence-electron chi connectivity index (χ3n) is 3.38. The lowest BCUT2D eigenvalue weighted by atomic mass is 9.99. The molecule has 0 heterocycles. The number of benzene rings is 1. The van der Waals surface area contributed by atoms with E-state index in [0.29, 0.717) is 12.5 Å². The Balaban J connectivity index is 2.55. The molecule has 0 saturated carbocycles. The first-order valence-corrected chi connectivity index (χ1v) is 6.92. The van der Waals surface area contributed by atoms with E-state index in [1.165, 1.54) is 5.56 Å². The maximum absolute atomic E-state index is 12.2. The van der Waals surface area contributed by atoms with Crippen LogP contribution in [0.4, 0.5) is 0 Å². The Bertz CT molecular complexity index is 417. The second-order valence-electron chi connectivity index (χ2n) is 5.46. The highest BCUT2D eigenvalue weighted by molar-refractivity contribution is 5.97. The van der Waals surface area contributed by atoms with Gasteiger partial charge in [-0.15, -0.1) is 0 Å². The second-order valence-corrected chi connectivity index (χ2v) is 5.46. The van der Waals surface area contributed by atoms with E-state index < -0.39 is 0 Å². The van der Waals surface area contributed by atoms with Gasteiger partial charge in [-0.1, -0.05) is 24.6 Å². The quantitative estimate of drug-likeness (QED) is 0.775. The topological polar surface area (TPSA) is 49.3 Å². The molecule has 2 N–H and O–H groups in total. The summed E-state index contributed by atoms with van der Waals surface area (Å²) < 4.78 is 0. The summed E-state index contributed by atoms with van der Waals surface area (Å²) in [4.78, 5) is 12.2. The summed E-state index contributed by atoms with van der Waals surface area (Å²) in [5.41, 5.74) is 4.03. The van der Waals surface area contributed by atoms with Crippen LogP contribution in [0.5, 0.6) is 0 Å². The highest BCUT2D eigenvalue weighted by Gasteiger charge is 2.12. The average Bonchev–Trinajstić information content (AvgIpc) is 2.33. The molecule has 19 heavy (non-hydrogen) atoms. The van der Waals surface area contributed by atoms with E-state index in [0.717, 1.165) is 29.5 Å². The zero-order chi connectivity index (χ0) is 14.4. The van der Waals surface area contributed by atoms with Crippen LogP contribution in [0, 0.1) is 26.7 Å². The van der Waals surface area contributed by atoms with Crippen LogP contribution in [0.3, 0.4) is 0 Å². The fourth-order valence-electron chi connectivity index (χ4n) is 2.37. The maximum atomic E-state index is 12.2. The SMILES string of the molecule is Cc1cc(C)c(C(=O)NCCCC(C)CO)c(C)c1. The molecule has 1 aromatic rings. The lowest BCUT2D eigenvalue weighted by Crippen LogP contribution is -2.26. The van der Waals surface area contributed by atoms with Crippen molar-refractivity contribution in [2.75, 3.05) is 13.2 Å². The molecule has 1 aromatic carbocycles. The van der Waals surface area contributed by atoms with Gasteiger partial charge in [-0.25, -0.2) is 0 Å². The smallest absolute Gasteiger partial charge is 0.251 e. The summed E-state index contributed by atoms with van der Waals surface area (Å²) >= 11 is 0. The number of carbonyl (C=O) groups excluding carboxylic acids is 1. The highest BCUT2D eigenvalue weighted by atomic mass is 16.3. The number of rotatable bonds is 6. The van der Waals surface area contributed by atoms with Gasteiger partial charge in [0.25, 0.3) is 5.91 Å². The Morgan fingerprint density at radius 3 is 2.37 bits per heavy atom. The van der Waals surface area contributed by atoms with Gasteiger partial charge in [0.15, 0.2) is 0 Å². The van der Waals surface area contributed by atoms with Crippen LogP contribution >= 0.6 is 0 Å². The van der Waals surface area contributed by atoms with Crippen molar-refractivity contribution in [2.24, 2.45) is 5.92 Å². The average molecular weight is 263 g/mol. The predicted octanol–water partition coefficient (Wildman–Crippen LogP) is 2.75. The number of aryl methyl sites for hydroxylation is 3. The number of aliphatic hydroxyl groups is 1. The lowest BCUT2D eigenvalue weighted by molar-refractivity contribution is 0.0951. The van der Waals surface area contributed by atoms with Crippen molar-refractivity contribution in [1.82, 2.24) is 5.32 Å². The Labute approximate surface area is 116 Å². The zero-order valence-electron chi connectivity index (χ0n) is 12.4. The monoisotopic (exact) mass is 263 g/mol. The van der Waals surface area contributed by atoms with Crippen molar-refractivity contribution < 1.29 is 9.90 Å². The minimum atomic E-state index is 0.00616. The number of hydrogen-bond donors (Lipinski definition) is 2. The predicted molar refractivity (Wildman–Crippen MR) is 78.5 cm³/mol. The Morgan fingerprint density at radius 2 is 1.84 bits per heavy atom. The summed E-state index contributed by atoms with van der Waals surface area (Å²) in [7, 11) is 0. The Morgan fingerprint density at radius 1 is 1.26 bits per heavy atom. The number of hydrogen-bond acceptors (Lipinski definition) is 2. The van der Waals surface area contributed by atoms with Gasteiger partial charge >= 0.3 is 0 Å². The minimum absolute atomic E-state index is 0.00616. The molecule has 106 valence electrons. The molecule has 0 bridgehead atoms. The van der Waals surface area contributed by atoms with E-state index in [9.17, 15) is 4.79 Å². The molecule has 3 nitrogen and oxygen atoms in total. The molecule has 0 aromatic heterocycles. The largest absolute Gasteiger partial charge is 0.396 e. The van der Waals surface area contributed by atoms with Crippen molar-refractivity contribution >= 4 is 5.91 Å². The number of amides is 1. The fraction of sp³-hybridized carbons (Fsp3) is 0.562. The molecule has 1 rings (SSSR count). The van der Waals surface area contributed by atoms with Gasteiger partial charge in [-0.05, 0) is 50.7 Å². The summed E-state index contributed by atoms with van der Waals surface area (Å²) in [6.45, 7) is 8.87. The van der Waals surface area contributed by atoms with Crippen molar-refractivity contribution in [3.8, 4) is 0 Å². The Hall–Kier alpha value is -1.35. The van der Waals surface area contributed by atoms with Crippen molar-refractivity contribution in [1.29, 1.82) is 0 Å². The Kier molecular flexibility index (Phi) is 6.03. The van der Waals surface area contributed by atoms with E-state index in [2.05, 4.69) is 5.32 Å². The molecule has 0 radical (unpaired) electrons. The van der Waals surface area contributed by atoms with Crippen LogP contribution in [0.25, 0.3) is 0 Å². The molecule has 0 aliphatic heterocycles. The van der Waals surface area contributed by atoms with Gasteiger partial charge in [0.05, 0.1) is 0 Å². The van der Waals surface area contributed by atoms with Gasteiger partial charge < -0.3 is 10.4 Å². The van der Waals surface area contributed by atoms with E-state index in [1.54, 1.807) is 0 Å². The van der Waals surface area contributed by atoms with Crippen molar-refractivity contribution in [3.05, 3.63) is 34.4 Å². The van der Waals surface area contributed by atoms with Gasteiger partial charge in [0, 0.05) is 18.7 Å². The summed E-state index contributed by atoms with van der Waals surface area (Å²) in [5.74, 6) is 0.311. The van der Waals surface area contributed by atoms with Gasteiger partial charge in [0.1, 0.15) is 0 Å². The normalized spacial score (nSPS) is 12.3. The van der Waals surface area contributed by atoms with Crippen molar-refractivity contribution in [3.63, 3.8) is 0 Å². The van der Waals surface area contributed by atoms with E-state index in [4.69, 9.17) is 5.11 Å². The summed E-state index contributed by atoms with van der Waals surface area (Å²) in [5, 5.41) is 11.9. The van der Waals surface area contributed by atoms with Crippen LogP contribution in [-0.2, 0) is 0 Å². The van der Waals surface area contributed by atoms with Gasteiger partial charge in [-0.2, -0.15) is 0 Å². The van der Waals surface area contributed by atoms with Crippen LogP contribution in [0.15, 0.2) is 12.1 Å². The van der Waals surface area contributed by atoms with Crippen LogP contribution in [-0.4, -0.2) is 24.2 Å². The third-order valence-corrected chi connectivity index (χ3v) is 3.38. The first-order chi connectivity index (χ1) is 8.95. The molecule has 3 heteroatoms. The van der Waals surface area contributed by atoms with E-state index in [-0.39, 0.29) is 12.5 Å². The molecular weight excluding hydrogens is 238 g/mol. The fourth-order valence-corrected chi connectivity index (χ4v) is 2.37. The van der Waals surface area contributed by atoms with Crippen LogP contribution in [0.1, 0.15) is 46.8 Å². The van der Waals surface area contributed by atoms with Gasteiger partial charge in [-0.3, -0.25) is 4.79 Å². The summed E-state index contributed by atoms with van der Waals surface area (Å²) in [6, 6.07) is 4.07. The summed E-state index contributed by atoms with van der Waals surface area (Å²) in [6.07, 6.45) is 1.83. The lowest BCUT2D eigenvalue weighted by Gasteiger charge is -2.12. The molecule has 0 aliphatic rings. The molecule has 1 unspecified atom stereocenters. The molecule has 1 amide bonds. The zero-order valence-corrected chi connectivity index (χ0v) is 12.4. The molecule has 0 aliphatic carbocycles. The maximum Gasteiger partial charge on any atom is 0.251 e. The van der Waals surface area contributed by atoms with Crippen LogP contribution < -0.4 is 5.32 Å². The molecule has 0 saturated heterocycles. The van der Waals surface area contributed by atoms with E-state index in [1.807, 2.05) is 39.8 Å². The third kappa shape index (κ3) is 4.67. The molecule has 1 atom stereocenters. The standard InChI is InChI=1S/C16H25NO2/c1-11(10-18)6-5-7-17-16(19)15-13(3)8-12(2)9-14(15)4/h8-9,11,18H,5-7,10H2,1-4H3,(H,17,19). The number of aliphatic hydroxyl groups excluding tert-OH is 1. The minimum Gasteiger partial charge on any atom is -0.396 e. The highest BCUT2D eigenvalue weighted by Crippen LogP contribution is 2.16. The molecular formula is C16H25NO2. The number of nitrogens with one attached hydrogen (secondary N) is 1. The van der Waals surface area contributed by atoms with E-state index >= 15 is 0 Å². The molecule has 0 fully saturated rings. The number of carbonyl (C=O) groups is 1. The van der Waals surface area contributed by atoms with Crippen LogP contribution in [0.2, 0.25) is 0 Å². The first kappa shape index (κ1) is 15.7.